The molecule has 0 saturated heterocycles. The number of benzene rings is 1. The lowest BCUT2D eigenvalue weighted by atomic mass is 10.2. The van der Waals surface area contributed by atoms with Crippen LogP contribution in [0.5, 0.6) is 5.75 Å². The van der Waals surface area contributed by atoms with E-state index in [4.69, 9.17) is 10.5 Å². The van der Waals surface area contributed by atoms with Gasteiger partial charge in [-0.3, -0.25) is 4.98 Å². The normalized spacial score (nSPS) is 10.7. The molecule has 0 saturated carbocycles. The summed E-state index contributed by atoms with van der Waals surface area (Å²) in [5.74, 6) is 0.900. The molecule has 3 nitrogen and oxygen atoms in total. The maximum atomic E-state index is 5.82. The van der Waals surface area contributed by atoms with Gasteiger partial charge in [0.15, 0.2) is 0 Å². The Labute approximate surface area is 108 Å². The number of unbranched alkanes of at least 4 members (excludes halogenated alkanes) is 3. The Kier molecular flexibility index (Phi) is 4.40. The molecule has 1 aromatic heterocycles. The number of anilines is 1. The average molecular weight is 244 g/mol. The van der Waals surface area contributed by atoms with E-state index in [1.165, 1.54) is 19.3 Å². The van der Waals surface area contributed by atoms with Crippen LogP contribution in [0.4, 0.5) is 5.69 Å². The van der Waals surface area contributed by atoms with Crippen molar-refractivity contribution < 1.29 is 4.74 Å². The monoisotopic (exact) mass is 244 g/mol. The molecular formula is C15H20N2O. The highest BCUT2D eigenvalue weighted by Crippen LogP contribution is 2.25. The van der Waals surface area contributed by atoms with Crippen LogP contribution in [0.2, 0.25) is 0 Å². The molecule has 1 heterocycles. The van der Waals surface area contributed by atoms with E-state index >= 15 is 0 Å². The van der Waals surface area contributed by atoms with Gasteiger partial charge in [0.25, 0.3) is 0 Å². The Hall–Kier alpha value is -1.77. The van der Waals surface area contributed by atoms with Crippen LogP contribution in [-0.2, 0) is 0 Å². The quantitative estimate of drug-likeness (QED) is 0.621. The summed E-state index contributed by atoms with van der Waals surface area (Å²) in [5.41, 5.74) is 7.37. The molecule has 2 N–H and O–H groups in total. The second-order valence-electron chi connectivity index (χ2n) is 4.49. The summed E-state index contributed by atoms with van der Waals surface area (Å²) in [4.78, 5) is 4.30. The second kappa shape index (κ2) is 6.24. The lowest BCUT2D eigenvalue weighted by Crippen LogP contribution is -1.98. The molecule has 0 amide bonds. The van der Waals surface area contributed by atoms with E-state index < -0.39 is 0 Å². The van der Waals surface area contributed by atoms with Crippen LogP contribution in [0.3, 0.4) is 0 Å². The molecular weight excluding hydrogens is 224 g/mol. The smallest absolute Gasteiger partial charge is 0.130 e. The Morgan fingerprint density at radius 3 is 2.89 bits per heavy atom. The molecule has 0 aliphatic heterocycles. The molecule has 1 aromatic carbocycles. The maximum Gasteiger partial charge on any atom is 0.130 e. The third-order valence-electron chi connectivity index (χ3n) is 2.98. The molecule has 2 rings (SSSR count). The zero-order chi connectivity index (χ0) is 12.8. The van der Waals surface area contributed by atoms with Crippen LogP contribution in [0.15, 0.2) is 30.5 Å². The van der Waals surface area contributed by atoms with Gasteiger partial charge in [-0.2, -0.15) is 0 Å². The van der Waals surface area contributed by atoms with Gasteiger partial charge < -0.3 is 10.5 Å². The van der Waals surface area contributed by atoms with Crippen molar-refractivity contribution in [3.63, 3.8) is 0 Å². The lowest BCUT2D eigenvalue weighted by Gasteiger charge is -2.09. The highest BCUT2D eigenvalue weighted by molar-refractivity contribution is 5.87. The predicted octanol–water partition coefficient (Wildman–Crippen LogP) is 3.78. The first kappa shape index (κ1) is 12.7. The number of fused-ring (bicyclic) bond motifs is 1. The standard InChI is InChI=1S/C15H20N2O/c1-2-3-4-5-10-18-15-8-9-17-14-11-12(16)6-7-13(14)15/h6-9,11H,2-5,10,16H2,1H3. The van der Waals surface area contributed by atoms with Crippen LogP contribution in [0.25, 0.3) is 10.9 Å². The van der Waals surface area contributed by atoms with E-state index in [1.54, 1.807) is 6.20 Å². The fourth-order valence-corrected chi connectivity index (χ4v) is 1.98. The molecule has 0 bridgehead atoms. The van der Waals surface area contributed by atoms with E-state index in [1.807, 2.05) is 24.3 Å². The number of pyridine rings is 1. The van der Waals surface area contributed by atoms with Gasteiger partial charge in [0, 0.05) is 17.3 Å². The summed E-state index contributed by atoms with van der Waals surface area (Å²) < 4.78 is 5.82. The molecule has 2 aromatic rings. The van der Waals surface area contributed by atoms with Gasteiger partial charge in [-0.15, -0.1) is 0 Å². The number of aromatic nitrogens is 1. The van der Waals surface area contributed by atoms with Gasteiger partial charge >= 0.3 is 0 Å². The topological polar surface area (TPSA) is 48.1 Å². The van der Waals surface area contributed by atoms with E-state index in [9.17, 15) is 0 Å². The molecule has 0 fully saturated rings. The molecule has 3 heteroatoms. The van der Waals surface area contributed by atoms with Crippen molar-refractivity contribution in [2.75, 3.05) is 12.3 Å². The van der Waals surface area contributed by atoms with Gasteiger partial charge in [0.1, 0.15) is 5.75 Å². The minimum absolute atomic E-state index is 0.732. The molecule has 0 atom stereocenters. The van der Waals surface area contributed by atoms with Crippen LogP contribution in [-0.4, -0.2) is 11.6 Å². The molecule has 0 unspecified atom stereocenters. The molecule has 18 heavy (non-hydrogen) atoms. The van der Waals surface area contributed by atoms with Crippen molar-refractivity contribution in [1.82, 2.24) is 4.98 Å². The zero-order valence-corrected chi connectivity index (χ0v) is 10.9. The predicted molar refractivity (Wildman–Crippen MR) is 75.8 cm³/mol. The van der Waals surface area contributed by atoms with Crippen molar-refractivity contribution in [1.29, 1.82) is 0 Å². The largest absolute Gasteiger partial charge is 0.493 e. The SMILES string of the molecule is CCCCCCOc1ccnc2cc(N)ccc12. The third-order valence-corrected chi connectivity index (χ3v) is 2.98. The van der Waals surface area contributed by atoms with E-state index in [2.05, 4.69) is 11.9 Å². The molecule has 0 radical (unpaired) electrons. The second-order valence-corrected chi connectivity index (χ2v) is 4.49. The molecule has 0 spiro atoms. The zero-order valence-electron chi connectivity index (χ0n) is 10.9. The van der Waals surface area contributed by atoms with Crippen molar-refractivity contribution in [3.8, 4) is 5.75 Å². The number of hydrogen-bond donors (Lipinski definition) is 1. The summed E-state index contributed by atoms with van der Waals surface area (Å²) in [7, 11) is 0. The Bertz CT molecular complexity index is 511. The fraction of sp³-hybridized carbons (Fsp3) is 0.400. The first-order valence-corrected chi connectivity index (χ1v) is 6.58. The number of hydrogen-bond acceptors (Lipinski definition) is 3. The molecule has 0 aliphatic carbocycles. The molecule has 96 valence electrons. The number of nitrogen functional groups attached to an aromatic ring is 1. The minimum Gasteiger partial charge on any atom is -0.493 e. The van der Waals surface area contributed by atoms with Crippen molar-refractivity contribution in [2.45, 2.75) is 32.6 Å². The van der Waals surface area contributed by atoms with Crippen molar-refractivity contribution in [2.24, 2.45) is 0 Å². The van der Waals surface area contributed by atoms with Crippen molar-refractivity contribution in [3.05, 3.63) is 30.5 Å². The van der Waals surface area contributed by atoms with Crippen molar-refractivity contribution >= 4 is 16.6 Å². The summed E-state index contributed by atoms with van der Waals surface area (Å²) in [6.07, 6.45) is 6.62. The number of ether oxygens (including phenoxy) is 1. The highest BCUT2D eigenvalue weighted by atomic mass is 16.5. The fourth-order valence-electron chi connectivity index (χ4n) is 1.98. The van der Waals surface area contributed by atoms with Crippen LogP contribution < -0.4 is 10.5 Å². The number of rotatable bonds is 6. The first-order valence-electron chi connectivity index (χ1n) is 6.58. The van der Waals surface area contributed by atoms with Gasteiger partial charge in [0.05, 0.1) is 12.1 Å². The highest BCUT2D eigenvalue weighted by Gasteiger charge is 2.03. The summed E-state index contributed by atoms with van der Waals surface area (Å²) in [6, 6.07) is 7.64. The summed E-state index contributed by atoms with van der Waals surface area (Å²) in [5, 5.41) is 1.03. The van der Waals surface area contributed by atoms with E-state index in [0.717, 1.165) is 35.4 Å². The maximum absolute atomic E-state index is 5.82. The summed E-state index contributed by atoms with van der Waals surface area (Å²) in [6.45, 7) is 2.98. The van der Waals surface area contributed by atoms with Crippen LogP contribution in [0, 0.1) is 0 Å². The first-order chi connectivity index (χ1) is 8.81. The number of nitrogens with zero attached hydrogens (tertiary/aromatic N) is 1. The average Bonchev–Trinajstić information content (AvgIpc) is 2.38. The van der Waals surface area contributed by atoms with Gasteiger partial charge in [-0.25, -0.2) is 0 Å². The van der Waals surface area contributed by atoms with Crippen LogP contribution >= 0.6 is 0 Å². The van der Waals surface area contributed by atoms with Gasteiger partial charge in [0.2, 0.25) is 0 Å². The van der Waals surface area contributed by atoms with E-state index in [-0.39, 0.29) is 0 Å². The minimum atomic E-state index is 0.732. The number of nitrogens with two attached hydrogens (primary N) is 1. The van der Waals surface area contributed by atoms with Gasteiger partial charge in [-0.1, -0.05) is 26.2 Å². The Morgan fingerprint density at radius 1 is 1.17 bits per heavy atom. The van der Waals surface area contributed by atoms with Crippen LogP contribution in [0.1, 0.15) is 32.6 Å². The van der Waals surface area contributed by atoms with Gasteiger partial charge in [-0.05, 0) is 30.7 Å². The van der Waals surface area contributed by atoms with E-state index in [0.29, 0.717) is 0 Å². The Balaban J connectivity index is 2.04. The lowest BCUT2D eigenvalue weighted by molar-refractivity contribution is 0.308. The molecule has 0 aliphatic rings. The summed E-state index contributed by atoms with van der Waals surface area (Å²) >= 11 is 0. The Morgan fingerprint density at radius 2 is 2.06 bits per heavy atom. The third kappa shape index (κ3) is 3.13.